The van der Waals surface area contributed by atoms with Crippen LogP contribution in [0.4, 0.5) is 5.69 Å². The zero-order valence-electron chi connectivity index (χ0n) is 11.0. The van der Waals surface area contributed by atoms with Crippen LogP contribution in [0.15, 0.2) is 23.1 Å². The lowest BCUT2D eigenvalue weighted by Crippen LogP contribution is -2.32. The van der Waals surface area contributed by atoms with Gasteiger partial charge >= 0.3 is 0 Å². The minimum atomic E-state index is -3.39. The van der Waals surface area contributed by atoms with Gasteiger partial charge < -0.3 is 5.32 Å². The van der Waals surface area contributed by atoms with Gasteiger partial charge in [-0.2, -0.15) is 0 Å². The smallest absolute Gasteiger partial charge is 0.240 e. The van der Waals surface area contributed by atoms with Gasteiger partial charge in [0.25, 0.3) is 0 Å². The molecule has 0 fully saturated rings. The van der Waals surface area contributed by atoms with E-state index in [0.29, 0.717) is 10.9 Å². The number of sulfonamides is 1. The van der Waals surface area contributed by atoms with E-state index in [4.69, 9.17) is 0 Å². The summed E-state index contributed by atoms with van der Waals surface area (Å²) < 4.78 is 27.0. The van der Waals surface area contributed by atoms with Crippen LogP contribution >= 0.6 is 0 Å². The molecule has 1 aliphatic rings. The molecule has 1 aromatic rings. The molecule has 2 N–H and O–H groups in total. The van der Waals surface area contributed by atoms with Crippen molar-refractivity contribution in [3.05, 3.63) is 23.8 Å². The number of hydrogen-bond acceptors (Lipinski definition) is 3. The van der Waals surface area contributed by atoms with Crippen molar-refractivity contribution in [2.75, 3.05) is 5.32 Å². The van der Waals surface area contributed by atoms with Crippen LogP contribution in [0.25, 0.3) is 0 Å². The fraction of sp³-hybridized carbons (Fsp3) is 0.538. The van der Waals surface area contributed by atoms with Crippen molar-refractivity contribution >= 4 is 15.7 Å². The zero-order valence-corrected chi connectivity index (χ0v) is 11.8. The Morgan fingerprint density at radius 1 is 1.50 bits per heavy atom. The molecule has 4 nitrogen and oxygen atoms in total. The number of anilines is 1. The molecule has 5 heteroatoms. The Labute approximate surface area is 109 Å². The second kappa shape index (κ2) is 4.90. The molecule has 0 amide bonds. The molecule has 0 aromatic heterocycles. The van der Waals surface area contributed by atoms with Crippen LogP contribution in [0, 0.1) is 0 Å². The highest BCUT2D eigenvalue weighted by atomic mass is 32.2. The molecule has 2 rings (SSSR count). The number of benzene rings is 1. The summed E-state index contributed by atoms with van der Waals surface area (Å²) in [5.41, 5.74) is 2.12. The van der Waals surface area contributed by atoms with Crippen LogP contribution in [0.1, 0.15) is 32.8 Å². The van der Waals surface area contributed by atoms with E-state index in [1.807, 2.05) is 19.9 Å². The lowest BCUT2D eigenvalue weighted by molar-refractivity contribution is 0.556. The van der Waals surface area contributed by atoms with Crippen LogP contribution in [-0.4, -0.2) is 20.5 Å². The maximum atomic E-state index is 12.2. The molecule has 2 atom stereocenters. The van der Waals surface area contributed by atoms with Gasteiger partial charge in [-0.1, -0.05) is 6.92 Å². The maximum absolute atomic E-state index is 12.2. The van der Waals surface area contributed by atoms with E-state index in [1.165, 1.54) is 0 Å². The van der Waals surface area contributed by atoms with E-state index in [-0.39, 0.29) is 6.04 Å². The number of nitrogens with one attached hydrogen (secondary N) is 2. The molecule has 0 unspecified atom stereocenters. The van der Waals surface area contributed by atoms with Gasteiger partial charge in [0.1, 0.15) is 0 Å². The average Bonchev–Trinajstić information content (AvgIpc) is 2.67. The van der Waals surface area contributed by atoms with Crippen molar-refractivity contribution in [2.24, 2.45) is 0 Å². The predicted molar refractivity (Wildman–Crippen MR) is 73.3 cm³/mol. The van der Waals surface area contributed by atoms with Gasteiger partial charge in [0.05, 0.1) is 4.90 Å². The fourth-order valence-corrected chi connectivity index (χ4v) is 3.49. The molecular weight excluding hydrogens is 248 g/mol. The first-order valence-corrected chi connectivity index (χ1v) is 7.82. The van der Waals surface area contributed by atoms with E-state index >= 15 is 0 Å². The van der Waals surface area contributed by atoms with Gasteiger partial charge in [-0.3, -0.25) is 0 Å². The second-order valence-electron chi connectivity index (χ2n) is 5.00. The summed E-state index contributed by atoms with van der Waals surface area (Å²) in [5, 5.41) is 3.31. The Morgan fingerprint density at radius 2 is 2.22 bits per heavy atom. The lowest BCUT2D eigenvalue weighted by Gasteiger charge is -2.12. The van der Waals surface area contributed by atoms with E-state index in [2.05, 4.69) is 17.0 Å². The van der Waals surface area contributed by atoms with Crippen LogP contribution in [0.2, 0.25) is 0 Å². The van der Waals surface area contributed by atoms with Gasteiger partial charge in [-0.25, -0.2) is 13.1 Å². The quantitative estimate of drug-likeness (QED) is 0.879. The molecule has 1 heterocycles. The molecule has 100 valence electrons. The molecule has 1 aliphatic heterocycles. The van der Waals surface area contributed by atoms with E-state index < -0.39 is 10.0 Å². The minimum Gasteiger partial charge on any atom is -0.382 e. The number of rotatable bonds is 4. The summed E-state index contributed by atoms with van der Waals surface area (Å²) >= 11 is 0. The molecule has 0 radical (unpaired) electrons. The normalized spacial score (nSPS) is 20.3. The molecule has 1 aromatic carbocycles. The topological polar surface area (TPSA) is 58.2 Å². The third-order valence-corrected chi connectivity index (χ3v) is 4.87. The van der Waals surface area contributed by atoms with Gasteiger partial charge in [-0.05, 0) is 50.5 Å². The van der Waals surface area contributed by atoms with Crippen molar-refractivity contribution in [1.82, 2.24) is 4.72 Å². The lowest BCUT2D eigenvalue weighted by atomic mass is 10.1. The van der Waals surface area contributed by atoms with Crippen molar-refractivity contribution < 1.29 is 8.42 Å². The Bertz CT molecular complexity index is 540. The van der Waals surface area contributed by atoms with Gasteiger partial charge in [0.2, 0.25) is 10.0 Å². The highest BCUT2D eigenvalue weighted by Gasteiger charge is 2.21. The first-order valence-electron chi connectivity index (χ1n) is 6.34. The first kappa shape index (κ1) is 13.4. The van der Waals surface area contributed by atoms with Gasteiger partial charge in [0, 0.05) is 17.8 Å². The average molecular weight is 268 g/mol. The highest BCUT2D eigenvalue weighted by molar-refractivity contribution is 7.89. The fourth-order valence-electron chi connectivity index (χ4n) is 2.11. The third kappa shape index (κ3) is 2.67. The highest BCUT2D eigenvalue weighted by Crippen LogP contribution is 2.28. The van der Waals surface area contributed by atoms with Crippen LogP contribution in [0.5, 0.6) is 0 Å². The van der Waals surface area contributed by atoms with Crippen molar-refractivity contribution in [3.63, 3.8) is 0 Å². The first-order chi connectivity index (χ1) is 8.42. The Balaban J connectivity index is 2.27. The third-order valence-electron chi connectivity index (χ3n) is 3.28. The standard InChI is InChI=1S/C13H20N2O2S/c1-4-9(2)15-18(16,17)12-5-6-13-11(8-12)7-10(3)14-13/h5-6,8-10,14-15H,4,7H2,1-3H3/t9-,10-/m1/s1. The number of hydrogen-bond donors (Lipinski definition) is 2. The van der Waals surface area contributed by atoms with E-state index in [9.17, 15) is 8.42 Å². The summed E-state index contributed by atoms with van der Waals surface area (Å²) in [6, 6.07) is 5.62. The summed E-state index contributed by atoms with van der Waals surface area (Å²) in [7, 11) is -3.39. The van der Waals surface area contributed by atoms with Crippen LogP contribution < -0.4 is 10.0 Å². The Morgan fingerprint density at radius 3 is 2.89 bits per heavy atom. The van der Waals surface area contributed by atoms with E-state index in [1.54, 1.807) is 12.1 Å². The molecule has 0 aliphatic carbocycles. The molecule has 0 bridgehead atoms. The molecular formula is C13H20N2O2S. The summed E-state index contributed by atoms with van der Waals surface area (Å²) in [6.07, 6.45) is 1.66. The van der Waals surface area contributed by atoms with Crippen molar-refractivity contribution in [1.29, 1.82) is 0 Å². The number of fused-ring (bicyclic) bond motifs is 1. The van der Waals surface area contributed by atoms with Crippen LogP contribution in [0.3, 0.4) is 0 Å². The predicted octanol–water partition coefficient (Wildman–Crippen LogP) is 2.12. The second-order valence-corrected chi connectivity index (χ2v) is 6.71. The van der Waals surface area contributed by atoms with E-state index in [0.717, 1.165) is 24.1 Å². The minimum absolute atomic E-state index is 0.0414. The molecule has 0 saturated carbocycles. The van der Waals surface area contributed by atoms with Gasteiger partial charge in [-0.15, -0.1) is 0 Å². The monoisotopic (exact) mass is 268 g/mol. The van der Waals surface area contributed by atoms with Gasteiger partial charge in [0.15, 0.2) is 0 Å². The zero-order chi connectivity index (χ0) is 13.3. The van der Waals surface area contributed by atoms with Crippen molar-refractivity contribution in [3.8, 4) is 0 Å². The van der Waals surface area contributed by atoms with Crippen molar-refractivity contribution in [2.45, 2.75) is 50.6 Å². The summed E-state index contributed by atoms with van der Waals surface area (Å²) in [5.74, 6) is 0. The maximum Gasteiger partial charge on any atom is 0.240 e. The molecule has 0 saturated heterocycles. The SMILES string of the molecule is CC[C@@H](C)NS(=O)(=O)c1ccc2c(c1)C[C@@H](C)N2. The molecule has 18 heavy (non-hydrogen) atoms. The molecule has 0 spiro atoms. The Kier molecular flexibility index (Phi) is 3.64. The summed E-state index contributed by atoms with van der Waals surface area (Å²) in [6.45, 7) is 5.92. The largest absolute Gasteiger partial charge is 0.382 e. The summed E-state index contributed by atoms with van der Waals surface area (Å²) in [4.78, 5) is 0.359. The Hall–Kier alpha value is -1.07. The van der Waals surface area contributed by atoms with Crippen LogP contribution in [-0.2, 0) is 16.4 Å².